The van der Waals surface area contributed by atoms with Crippen LogP contribution in [-0.2, 0) is 19.4 Å². The molecule has 116 valence electrons. The van der Waals surface area contributed by atoms with Crippen molar-refractivity contribution in [2.24, 2.45) is 0 Å². The summed E-state index contributed by atoms with van der Waals surface area (Å²) in [6.07, 6.45) is 5.80. The van der Waals surface area contributed by atoms with Crippen LogP contribution in [0.1, 0.15) is 48.8 Å². The average Bonchev–Trinajstić information content (AvgIpc) is 2.60. The molecule has 2 heteroatoms. The van der Waals surface area contributed by atoms with Gasteiger partial charge in [0.25, 0.3) is 0 Å². The van der Waals surface area contributed by atoms with E-state index in [0.29, 0.717) is 0 Å². The maximum atomic E-state index is 5.08. The van der Waals surface area contributed by atoms with Crippen LogP contribution in [0, 0.1) is 0 Å². The summed E-state index contributed by atoms with van der Waals surface area (Å²) < 4.78 is 2.40. The van der Waals surface area contributed by atoms with E-state index in [0.717, 1.165) is 19.4 Å². The molecule has 1 aliphatic rings. The standard InChI is InChI=1S/C21H23N2/c1-2-3-4-12-19-18-11-7-8-13-20(18)23-15-17-10-6-5-9-16(17)14-21(23)22-19/h5-11,13H,2-4,12,14-15H2,1H3/q+1. The lowest BCUT2D eigenvalue weighted by Crippen LogP contribution is -2.44. The van der Waals surface area contributed by atoms with E-state index in [2.05, 4.69) is 60.0 Å². The van der Waals surface area contributed by atoms with Crippen LogP contribution >= 0.6 is 0 Å². The Morgan fingerprint density at radius 2 is 1.74 bits per heavy atom. The van der Waals surface area contributed by atoms with E-state index in [9.17, 15) is 0 Å². The molecule has 23 heavy (non-hydrogen) atoms. The van der Waals surface area contributed by atoms with E-state index in [-0.39, 0.29) is 0 Å². The maximum absolute atomic E-state index is 5.08. The van der Waals surface area contributed by atoms with Gasteiger partial charge in [-0.3, -0.25) is 0 Å². The van der Waals surface area contributed by atoms with Crippen molar-refractivity contribution in [2.45, 2.75) is 45.6 Å². The zero-order valence-corrected chi connectivity index (χ0v) is 13.8. The molecule has 0 aliphatic carbocycles. The quantitative estimate of drug-likeness (QED) is 0.408. The average molecular weight is 303 g/mol. The molecule has 0 unspecified atom stereocenters. The van der Waals surface area contributed by atoms with Crippen molar-refractivity contribution in [3.8, 4) is 0 Å². The molecular weight excluding hydrogens is 280 g/mol. The van der Waals surface area contributed by atoms with Gasteiger partial charge < -0.3 is 0 Å². The fourth-order valence-corrected chi connectivity index (χ4v) is 3.64. The molecule has 2 aromatic carbocycles. The Morgan fingerprint density at radius 1 is 0.957 bits per heavy atom. The van der Waals surface area contributed by atoms with Gasteiger partial charge in [-0.05, 0) is 34.7 Å². The highest BCUT2D eigenvalue weighted by atomic mass is 15.1. The molecule has 0 fully saturated rings. The molecular formula is C21H23N2+. The molecule has 0 amide bonds. The highest BCUT2D eigenvalue weighted by molar-refractivity contribution is 5.78. The Hall–Kier alpha value is -2.22. The van der Waals surface area contributed by atoms with E-state index in [4.69, 9.17) is 4.98 Å². The zero-order chi connectivity index (χ0) is 15.6. The summed E-state index contributed by atoms with van der Waals surface area (Å²) in [7, 11) is 0. The summed E-state index contributed by atoms with van der Waals surface area (Å²) >= 11 is 0. The van der Waals surface area contributed by atoms with Crippen LogP contribution in [0.15, 0.2) is 48.5 Å². The van der Waals surface area contributed by atoms with Crippen molar-refractivity contribution in [1.82, 2.24) is 4.98 Å². The van der Waals surface area contributed by atoms with Crippen LogP contribution in [0.25, 0.3) is 10.9 Å². The first kappa shape index (κ1) is 14.4. The fourth-order valence-electron chi connectivity index (χ4n) is 3.64. The van der Waals surface area contributed by atoms with Crippen molar-refractivity contribution in [1.29, 1.82) is 0 Å². The summed E-state index contributed by atoms with van der Waals surface area (Å²) in [6, 6.07) is 17.5. The van der Waals surface area contributed by atoms with Crippen molar-refractivity contribution in [2.75, 3.05) is 0 Å². The topological polar surface area (TPSA) is 16.8 Å². The second kappa shape index (κ2) is 6.11. The minimum atomic E-state index is 0.939. The molecule has 0 saturated heterocycles. The monoisotopic (exact) mass is 303 g/mol. The highest BCUT2D eigenvalue weighted by Gasteiger charge is 2.26. The lowest BCUT2D eigenvalue weighted by molar-refractivity contribution is -0.675. The number of rotatable bonds is 4. The minimum absolute atomic E-state index is 0.939. The van der Waals surface area contributed by atoms with Crippen molar-refractivity contribution in [3.63, 3.8) is 0 Å². The van der Waals surface area contributed by atoms with E-state index in [1.807, 2.05) is 0 Å². The number of fused-ring (bicyclic) bond motifs is 4. The molecule has 0 radical (unpaired) electrons. The Labute approximate surface area is 137 Å². The molecule has 4 rings (SSSR count). The maximum Gasteiger partial charge on any atom is 0.303 e. The van der Waals surface area contributed by atoms with E-state index < -0.39 is 0 Å². The smallest absolute Gasteiger partial charge is 0.223 e. The molecule has 2 nitrogen and oxygen atoms in total. The SMILES string of the molecule is CCCCCc1nc2[n+](c3ccccc13)Cc1ccccc1C2. The summed E-state index contributed by atoms with van der Waals surface area (Å²) in [5.41, 5.74) is 5.46. The lowest BCUT2D eigenvalue weighted by atomic mass is 9.99. The predicted octanol–water partition coefficient (Wildman–Crippen LogP) is 4.21. The summed E-state index contributed by atoms with van der Waals surface area (Å²) in [5.74, 6) is 1.22. The normalized spacial score (nSPS) is 12.9. The number of hydrogen-bond acceptors (Lipinski definition) is 1. The van der Waals surface area contributed by atoms with E-state index in [1.165, 1.54) is 52.8 Å². The third-order valence-electron chi connectivity index (χ3n) is 4.89. The van der Waals surface area contributed by atoms with Crippen LogP contribution < -0.4 is 4.57 Å². The van der Waals surface area contributed by atoms with Crippen LogP contribution in [0.4, 0.5) is 0 Å². The first-order valence-electron chi connectivity index (χ1n) is 8.74. The Morgan fingerprint density at radius 3 is 2.61 bits per heavy atom. The van der Waals surface area contributed by atoms with Crippen LogP contribution in [0.5, 0.6) is 0 Å². The number of hydrogen-bond donors (Lipinski definition) is 0. The lowest BCUT2D eigenvalue weighted by Gasteiger charge is -2.17. The van der Waals surface area contributed by atoms with E-state index in [1.54, 1.807) is 0 Å². The van der Waals surface area contributed by atoms with Gasteiger partial charge in [0.15, 0.2) is 5.69 Å². The molecule has 0 bridgehead atoms. The molecule has 3 aromatic rings. The third-order valence-corrected chi connectivity index (χ3v) is 4.89. The molecule has 0 N–H and O–H groups in total. The predicted molar refractivity (Wildman–Crippen MR) is 93.5 cm³/mol. The third kappa shape index (κ3) is 2.63. The molecule has 1 aliphatic heterocycles. The number of nitrogens with zero attached hydrogens (tertiary/aromatic N) is 2. The molecule has 1 aromatic heterocycles. The fraction of sp³-hybridized carbons (Fsp3) is 0.333. The molecule has 0 saturated carbocycles. The largest absolute Gasteiger partial charge is 0.303 e. The summed E-state index contributed by atoms with van der Waals surface area (Å²) in [5, 5.41) is 1.33. The number of benzene rings is 2. The van der Waals surface area contributed by atoms with Crippen LogP contribution in [0.2, 0.25) is 0 Å². The van der Waals surface area contributed by atoms with Crippen LogP contribution in [-0.4, -0.2) is 4.98 Å². The number of aryl methyl sites for hydroxylation is 1. The second-order valence-electron chi connectivity index (χ2n) is 6.48. The van der Waals surface area contributed by atoms with Crippen molar-refractivity contribution >= 4 is 10.9 Å². The van der Waals surface area contributed by atoms with Gasteiger partial charge in [0.05, 0.1) is 11.8 Å². The van der Waals surface area contributed by atoms with Crippen molar-refractivity contribution < 1.29 is 4.57 Å². The number of para-hydroxylation sites is 1. The Bertz CT molecular complexity index is 852. The number of aromatic nitrogens is 2. The summed E-state index contributed by atoms with van der Waals surface area (Å²) in [6.45, 7) is 3.19. The van der Waals surface area contributed by atoms with Gasteiger partial charge >= 0.3 is 5.82 Å². The highest BCUT2D eigenvalue weighted by Crippen LogP contribution is 2.22. The van der Waals surface area contributed by atoms with Gasteiger partial charge in [-0.15, -0.1) is 0 Å². The van der Waals surface area contributed by atoms with Crippen LogP contribution in [0.3, 0.4) is 0 Å². The first-order valence-corrected chi connectivity index (χ1v) is 8.74. The molecule has 2 heterocycles. The zero-order valence-electron chi connectivity index (χ0n) is 13.8. The van der Waals surface area contributed by atoms with Gasteiger partial charge in [-0.1, -0.05) is 56.2 Å². The Balaban J connectivity index is 1.82. The second-order valence-corrected chi connectivity index (χ2v) is 6.48. The minimum Gasteiger partial charge on any atom is -0.223 e. The summed E-state index contributed by atoms with van der Waals surface area (Å²) in [4.78, 5) is 5.08. The van der Waals surface area contributed by atoms with Crippen molar-refractivity contribution in [3.05, 3.63) is 71.2 Å². The first-order chi connectivity index (χ1) is 11.4. The Kier molecular flexibility index (Phi) is 3.82. The van der Waals surface area contributed by atoms with Gasteiger partial charge in [0.2, 0.25) is 0 Å². The molecule has 0 spiro atoms. The van der Waals surface area contributed by atoms with Gasteiger partial charge in [0.1, 0.15) is 12.1 Å². The van der Waals surface area contributed by atoms with E-state index >= 15 is 0 Å². The number of unbranched alkanes of at least 4 members (excludes halogenated alkanes) is 2. The van der Waals surface area contributed by atoms with Gasteiger partial charge in [-0.25, -0.2) is 4.57 Å². The van der Waals surface area contributed by atoms with Gasteiger partial charge in [-0.2, -0.15) is 0 Å². The molecule has 0 atom stereocenters. The van der Waals surface area contributed by atoms with Gasteiger partial charge in [0, 0.05) is 6.42 Å².